The van der Waals surface area contributed by atoms with Crippen molar-refractivity contribution in [2.75, 3.05) is 26.2 Å². The zero-order chi connectivity index (χ0) is 14.3. The van der Waals surface area contributed by atoms with E-state index < -0.39 is 0 Å². The van der Waals surface area contributed by atoms with Crippen LogP contribution in [0.1, 0.15) is 35.1 Å². The topological polar surface area (TPSA) is 15.3 Å². The highest BCUT2D eigenvalue weighted by Crippen LogP contribution is 2.24. The van der Waals surface area contributed by atoms with Gasteiger partial charge < -0.3 is 10.2 Å². The quantitative estimate of drug-likeness (QED) is 0.734. The summed E-state index contributed by atoms with van der Waals surface area (Å²) in [4.78, 5) is 5.53. The van der Waals surface area contributed by atoms with Crippen molar-refractivity contribution < 1.29 is 0 Å². The Bertz CT molecular complexity index is 487. The molecular formula is C17H24N2S2. The van der Waals surface area contributed by atoms with Crippen molar-refractivity contribution in [1.82, 2.24) is 10.2 Å². The van der Waals surface area contributed by atoms with E-state index in [1.807, 2.05) is 22.7 Å². The van der Waals surface area contributed by atoms with Crippen molar-refractivity contribution >= 4 is 22.7 Å². The van der Waals surface area contributed by atoms with Crippen LogP contribution in [0.25, 0.3) is 0 Å². The molecule has 1 saturated heterocycles. The standard InChI is InChI=1S/C17H24N2S2/c1-2-10-19(9-1)11-5-8-18-16(17-7-4-13-21-17)14-15-6-3-12-20-15/h3-4,6-7,12-13,16,18H,1-2,5,8-11,14H2. The maximum Gasteiger partial charge on any atom is 0.0463 e. The Morgan fingerprint density at radius 2 is 1.90 bits per heavy atom. The number of hydrogen-bond acceptors (Lipinski definition) is 4. The van der Waals surface area contributed by atoms with Crippen LogP contribution in [0.3, 0.4) is 0 Å². The molecule has 2 nitrogen and oxygen atoms in total. The molecule has 0 radical (unpaired) electrons. The zero-order valence-electron chi connectivity index (χ0n) is 12.5. The summed E-state index contributed by atoms with van der Waals surface area (Å²) in [5.41, 5.74) is 0. The van der Waals surface area contributed by atoms with E-state index >= 15 is 0 Å². The number of thiophene rings is 2. The smallest absolute Gasteiger partial charge is 0.0463 e. The minimum Gasteiger partial charge on any atom is -0.309 e. The van der Waals surface area contributed by atoms with Gasteiger partial charge in [0, 0.05) is 22.2 Å². The first kappa shape index (κ1) is 15.2. The van der Waals surface area contributed by atoms with Crippen molar-refractivity contribution in [3.63, 3.8) is 0 Å². The second kappa shape index (κ2) is 8.08. The van der Waals surface area contributed by atoms with Gasteiger partial charge in [-0.05, 0) is 68.3 Å². The van der Waals surface area contributed by atoms with Gasteiger partial charge >= 0.3 is 0 Å². The molecule has 2 aromatic rings. The second-order valence-electron chi connectivity index (χ2n) is 5.71. The molecule has 4 heteroatoms. The molecule has 1 fully saturated rings. The molecule has 1 aliphatic heterocycles. The van der Waals surface area contributed by atoms with Crippen LogP contribution in [0.5, 0.6) is 0 Å². The Morgan fingerprint density at radius 1 is 1.10 bits per heavy atom. The van der Waals surface area contributed by atoms with Gasteiger partial charge in [-0.1, -0.05) is 12.1 Å². The van der Waals surface area contributed by atoms with Crippen LogP contribution in [-0.4, -0.2) is 31.1 Å². The molecule has 1 N–H and O–H groups in total. The largest absolute Gasteiger partial charge is 0.309 e. The van der Waals surface area contributed by atoms with Gasteiger partial charge in [-0.2, -0.15) is 0 Å². The van der Waals surface area contributed by atoms with Gasteiger partial charge in [0.05, 0.1) is 0 Å². The third-order valence-electron chi connectivity index (χ3n) is 4.11. The number of hydrogen-bond donors (Lipinski definition) is 1. The molecule has 1 unspecified atom stereocenters. The van der Waals surface area contributed by atoms with E-state index in [4.69, 9.17) is 0 Å². The van der Waals surface area contributed by atoms with E-state index in [9.17, 15) is 0 Å². The Balaban J connectivity index is 1.47. The lowest BCUT2D eigenvalue weighted by atomic mass is 10.1. The molecule has 3 heterocycles. The maximum absolute atomic E-state index is 3.77. The van der Waals surface area contributed by atoms with Crippen molar-refractivity contribution in [3.05, 3.63) is 44.8 Å². The monoisotopic (exact) mass is 320 g/mol. The van der Waals surface area contributed by atoms with Crippen molar-refractivity contribution in [1.29, 1.82) is 0 Å². The molecule has 3 rings (SSSR count). The lowest BCUT2D eigenvalue weighted by molar-refractivity contribution is 0.327. The Labute approximate surface area is 135 Å². The normalized spacial score (nSPS) is 17.3. The van der Waals surface area contributed by atoms with E-state index in [1.165, 1.54) is 48.7 Å². The molecular weight excluding hydrogens is 296 g/mol. The van der Waals surface area contributed by atoms with Gasteiger partial charge in [0.1, 0.15) is 0 Å². The summed E-state index contributed by atoms with van der Waals surface area (Å²) in [5.74, 6) is 0. The SMILES string of the molecule is c1csc(CC(NCCCN2CCCC2)c2cccs2)c1. The Morgan fingerprint density at radius 3 is 2.62 bits per heavy atom. The fourth-order valence-electron chi connectivity index (χ4n) is 2.98. The highest BCUT2D eigenvalue weighted by atomic mass is 32.1. The fourth-order valence-corrected chi connectivity index (χ4v) is 4.53. The summed E-state index contributed by atoms with van der Waals surface area (Å²) in [7, 11) is 0. The summed E-state index contributed by atoms with van der Waals surface area (Å²) in [6.45, 7) is 4.99. The molecule has 0 saturated carbocycles. The lowest BCUT2D eigenvalue weighted by Gasteiger charge is -2.19. The molecule has 0 bridgehead atoms. The van der Waals surface area contributed by atoms with Crippen LogP contribution in [0.15, 0.2) is 35.0 Å². The molecule has 1 atom stereocenters. The minimum atomic E-state index is 0.474. The van der Waals surface area contributed by atoms with E-state index in [0.717, 1.165) is 13.0 Å². The van der Waals surface area contributed by atoms with Crippen molar-refractivity contribution in [3.8, 4) is 0 Å². The molecule has 0 aromatic carbocycles. The molecule has 2 aromatic heterocycles. The van der Waals surface area contributed by atoms with Gasteiger partial charge in [-0.3, -0.25) is 0 Å². The average molecular weight is 321 g/mol. The van der Waals surface area contributed by atoms with Crippen molar-refractivity contribution in [2.24, 2.45) is 0 Å². The van der Waals surface area contributed by atoms with Crippen LogP contribution >= 0.6 is 22.7 Å². The number of likely N-dealkylation sites (tertiary alicyclic amines) is 1. The Kier molecular flexibility index (Phi) is 5.86. The van der Waals surface area contributed by atoms with Gasteiger partial charge in [0.15, 0.2) is 0 Å². The molecule has 0 spiro atoms. The lowest BCUT2D eigenvalue weighted by Crippen LogP contribution is -2.27. The van der Waals surface area contributed by atoms with Gasteiger partial charge in [-0.15, -0.1) is 22.7 Å². The van der Waals surface area contributed by atoms with E-state index in [0.29, 0.717) is 6.04 Å². The van der Waals surface area contributed by atoms with Crippen LogP contribution in [-0.2, 0) is 6.42 Å². The summed E-state index contributed by atoms with van der Waals surface area (Å²) < 4.78 is 0. The first-order chi connectivity index (χ1) is 10.4. The maximum atomic E-state index is 3.77. The average Bonchev–Trinajstić information content (AvgIpc) is 3.25. The highest BCUT2D eigenvalue weighted by molar-refractivity contribution is 7.10. The zero-order valence-corrected chi connectivity index (χ0v) is 14.1. The summed E-state index contributed by atoms with van der Waals surface area (Å²) in [6, 6.07) is 9.29. The van der Waals surface area contributed by atoms with Gasteiger partial charge in [0.2, 0.25) is 0 Å². The first-order valence-corrected chi connectivity index (χ1v) is 9.69. The van der Waals surface area contributed by atoms with Gasteiger partial charge in [-0.25, -0.2) is 0 Å². The van der Waals surface area contributed by atoms with E-state index in [2.05, 4.69) is 45.2 Å². The first-order valence-electron chi connectivity index (χ1n) is 7.93. The Hall–Kier alpha value is -0.680. The number of rotatable bonds is 8. The third-order valence-corrected chi connectivity index (χ3v) is 6.00. The van der Waals surface area contributed by atoms with E-state index in [1.54, 1.807) is 0 Å². The molecule has 21 heavy (non-hydrogen) atoms. The van der Waals surface area contributed by atoms with Crippen LogP contribution in [0, 0.1) is 0 Å². The van der Waals surface area contributed by atoms with Crippen LogP contribution in [0.2, 0.25) is 0 Å². The summed E-state index contributed by atoms with van der Waals surface area (Å²) >= 11 is 3.73. The summed E-state index contributed by atoms with van der Waals surface area (Å²) in [5, 5.41) is 8.13. The number of nitrogens with zero attached hydrogens (tertiary/aromatic N) is 1. The predicted molar refractivity (Wildman–Crippen MR) is 93.4 cm³/mol. The predicted octanol–water partition coefficient (Wildman–Crippen LogP) is 4.17. The number of nitrogens with one attached hydrogen (secondary N) is 1. The third kappa shape index (κ3) is 4.65. The molecule has 0 aliphatic carbocycles. The summed E-state index contributed by atoms with van der Waals surface area (Å²) in [6.07, 6.45) is 5.15. The minimum absolute atomic E-state index is 0.474. The van der Waals surface area contributed by atoms with E-state index in [-0.39, 0.29) is 0 Å². The molecule has 0 amide bonds. The molecule has 1 aliphatic rings. The van der Waals surface area contributed by atoms with Crippen molar-refractivity contribution in [2.45, 2.75) is 31.7 Å². The van der Waals surface area contributed by atoms with Crippen LogP contribution < -0.4 is 5.32 Å². The van der Waals surface area contributed by atoms with Crippen LogP contribution in [0.4, 0.5) is 0 Å². The second-order valence-corrected chi connectivity index (χ2v) is 7.72. The highest BCUT2D eigenvalue weighted by Gasteiger charge is 2.14. The molecule has 114 valence electrons. The fraction of sp³-hybridized carbons (Fsp3) is 0.529. The van der Waals surface area contributed by atoms with Gasteiger partial charge in [0.25, 0.3) is 0 Å².